The van der Waals surface area contributed by atoms with Gasteiger partial charge in [-0.2, -0.15) is 0 Å². The summed E-state index contributed by atoms with van der Waals surface area (Å²) in [5, 5.41) is -1.54. The van der Waals surface area contributed by atoms with Crippen molar-refractivity contribution in [1.29, 1.82) is 0 Å². The van der Waals surface area contributed by atoms with Crippen LogP contribution >= 0.6 is 0 Å². The summed E-state index contributed by atoms with van der Waals surface area (Å²) in [6, 6.07) is 14.8. The van der Waals surface area contributed by atoms with Crippen LogP contribution in [0.25, 0.3) is 0 Å². The number of rotatable bonds is 4. The van der Waals surface area contributed by atoms with Gasteiger partial charge in [0.2, 0.25) is 0 Å². The first-order chi connectivity index (χ1) is 18.2. The maximum absolute atomic E-state index is 11.4. The van der Waals surface area contributed by atoms with E-state index in [9.17, 15) is 9.59 Å². The molecule has 0 N–H and O–H groups in total. The lowest BCUT2D eigenvalue weighted by Crippen LogP contribution is -2.73. The zero-order chi connectivity index (χ0) is 30.4. The number of benzene rings is 2. The van der Waals surface area contributed by atoms with Crippen molar-refractivity contribution in [3.05, 3.63) is 59.7 Å². The average Bonchev–Trinajstić information content (AvgIpc) is 2.81. The molecule has 3 rings (SSSR count). The van der Waals surface area contributed by atoms with Gasteiger partial charge in [0, 0.05) is 31.3 Å². The molecule has 0 saturated carbocycles. The fourth-order valence-corrected chi connectivity index (χ4v) is 15.7. The third-order valence-corrected chi connectivity index (χ3v) is 17.8. The van der Waals surface area contributed by atoms with Crippen molar-refractivity contribution >= 4 is 54.9 Å². The molecule has 0 aromatic heterocycles. The maximum atomic E-state index is 11.4. The summed E-state index contributed by atoms with van der Waals surface area (Å²) < 4.78 is 29.3. The van der Waals surface area contributed by atoms with E-state index in [0.717, 1.165) is 23.5 Å². The van der Waals surface area contributed by atoms with E-state index in [1.165, 1.54) is 0 Å². The summed E-state index contributed by atoms with van der Waals surface area (Å²) in [4.78, 5) is 22.9. The molecule has 2 aromatic rings. The number of hydrogen-bond acceptors (Lipinski definition) is 6. The molecule has 0 unspecified atom stereocenters. The SMILES string of the molecule is CC(C)(C)[Si]1(C(C)(C)C)OB(c2ccc(C=O)cc2)O[Si](C(C)(C)C)(C(C)(C)C)OB(c2ccc(C=O)cc2)O1. The molecular weight excluding hydrogens is 534 g/mol. The van der Waals surface area contributed by atoms with Crippen LogP contribution in [-0.2, 0) is 17.4 Å². The van der Waals surface area contributed by atoms with E-state index in [2.05, 4.69) is 83.1 Å². The smallest absolute Gasteiger partial charge is 0.429 e. The molecule has 1 aliphatic heterocycles. The zero-order valence-electron chi connectivity index (χ0n) is 26.4. The van der Waals surface area contributed by atoms with E-state index in [-0.39, 0.29) is 20.2 Å². The molecule has 216 valence electrons. The molecule has 1 fully saturated rings. The summed E-state index contributed by atoms with van der Waals surface area (Å²) in [6.45, 7) is 25.9. The Kier molecular flexibility index (Phi) is 9.08. The van der Waals surface area contributed by atoms with Gasteiger partial charge in [0.05, 0.1) is 0 Å². The topological polar surface area (TPSA) is 71.1 Å². The Morgan fingerprint density at radius 1 is 0.475 bits per heavy atom. The minimum atomic E-state index is -3.25. The monoisotopic (exact) mass is 580 g/mol. The lowest BCUT2D eigenvalue weighted by molar-refractivity contribution is 0.111. The third-order valence-electron chi connectivity index (χ3n) is 7.73. The predicted molar refractivity (Wildman–Crippen MR) is 169 cm³/mol. The van der Waals surface area contributed by atoms with E-state index in [1.807, 2.05) is 24.3 Å². The molecule has 0 amide bonds. The van der Waals surface area contributed by atoms with Crippen molar-refractivity contribution in [2.75, 3.05) is 0 Å². The second-order valence-electron chi connectivity index (χ2n) is 14.9. The Hall–Kier alpha value is -1.82. The van der Waals surface area contributed by atoms with E-state index >= 15 is 0 Å². The molecule has 0 radical (unpaired) electrons. The Labute approximate surface area is 244 Å². The van der Waals surface area contributed by atoms with Gasteiger partial charge in [0.1, 0.15) is 12.6 Å². The minimum absolute atomic E-state index is 0.384. The minimum Gasteiger partial charge on any atom is -0.429 e. The summed E-state index contributed by atoms with van der Waals surface area (Å²) in [6.07, 6.45) is 1.67. The number of hydrogen-bond donors (Lipinski definition) is 0. The largest absolute Gasteiger partial charge is 0.475 e. The second kappa shape index (κ2) is 11.1. The van der Waals surface area contributed by atoms with Crippen LogP contribution in [0.1, 0.15) is 104 Å². The highest BCUT2D eigenvalue weighted by molar-refractivity contribution is 6.94. The van der Waals surface area contributed by atoms with Gasteiger partial charge in [-0.3, -0.25) is 9.59 Å². The van der Waals surface area contributed by atoms with Crippen LogP contribution in [0.4, 0.5) is 0 Å². The van der Waals surface area contributed by atoms with Crippen molar-refractivity contribution in [3.8, 4) is 0 Å². The zero-order valence-corrected chi connectivity index (χ0v) is 28.4. The van der Waals surface area contributed by atoms with E-state index < -0.39 is 31.4 Å². The number of aldehydes is 2. The summed E-state index contributed by atoms with van der Waals surface area (Å²) in [5.74, 6) is 0. The molecule has 10 heteroatoms. The summed E-state index contributed by atoms with van der Waals surface area (Å²) in [5.41, 5.74) is 2.82. The number of carbonyl (C=O) groups excluding carboxylic acids is 2. The summed E-state index contributed by atoms with van der Waals surface area (Å²) >= 11 is 0. The van der Waals surface area contributed by atoms with Gasteiger partial charge in [-0.15, -0.1) is 0 Å². The van der Waals surface area contributed by atoms with Crippen LogP contribution in [0.5, 0.6) is 0 Å². The number of carbonyl (C=O) groups is 2. The normalized spacial score (nSPS) is 18.6. The van der Waals surface area contributed by atoms with Crippen molar-refractivity contribution in [2.24, 2.45) is 0 Å². The van der Waals surface area contributed by atoms with Crippen molar-refractivity contribution in [1.82, 2.24) is 0 Å². The quantitative estimate of drug-likeness (QED) is 0.301. The van der Waals surface area contributed by atoms with Crippen LogP contribution in [0, 0.1) is 0 Å². The van der Waals surface area contributed by atoms with Gasteiger partial charge in [-0.25, -0.2) is 0 Å². The first-order valence-electron chi connectivity index (χ1n) is 14.0. The fourth-order valence-electron chi connectivity index (χ4n) is 6.11. The molecule has 2 aromatic carbocycles. The van der Waals surface area contributed by atoms with Gasteiger partial charge in [-0.1, -0.05) is 132 Å². The average molecular weight is 580 g/mol. The van der Waals surface area contributed by atoms with Crippen LogP contribution in [-0.4, -0.2) is 43.9 Å². The highest BCUT2D eigenvalue weighted by Gasteiger charge is 2.68. The first-order valence-corrected chi connectivity index (χ1v) is 17.7. The van der Waals surface area contributed by atoms with Gasteiger partial charge in [0.25, 0.3) is 0 Å². The molecule has 1 saturated heterocycles. The Morgan fingerprint density at radius 3 is 0.875 bits per heavy atom. The van der Waals surface area contributed by atoms with Crippen LogP contribution < -0.4 is 10.9 Å². The Morgan fingerprint density at radius 2 is 0.700 bits per heavy atom. The van der Waals surface area contributed by atoms with Gasteiger partial charge < -0.3 is 17.4 Å². The fraction of sp³-hybridized carbons (Fsp3) is 0.533. The van der Waals surface area contributed by atoms with E-state index in [4.69, 9.17) is 17.4 Å². The molecule has 40 heavy (non-hydrogen) atoms. The Balaban J connectivity index is 2.37. The lowest BCUT2D eigenvalue weighted by atomic mass is 9.80. The molecule has 0 atom stereocenters. The van der Waals surface area contributed by atoms with Gasteiger partial charge >= 0.3 is 31.4 Å². The van der Waals surface area contributed by atoms with Crippen molar-refractivity contribution < 1.29 is 27.0 Å². The van der Waals surface area contributed by atoms with Crippen LogP contribution in [0.2, 0.25) is 20.2 Å². The van der Waals surface area contributed by atoms with Crippen molar-refractivity contribution in [3.63, 3.8) is 0 Å². The highest BCUT2D eigenvalue weighted by Crippen LogP contribution is 2.57. The molecular formula is C30H46B2O6Si2. The molecule has 0 bridgehead atoms. The van der Waals surface area contributed by atoms with Crippen LogP contribution in [0.3, 0.4) is 0 Å². The van der Waals surface area contributed by atoms with E-state index in [0.29, 0.717) is 11.1 Å². The molecule has 1 aliphatic rings. The highest BCUT2D eigenvalue weighted by atomic mass is 28.4. The molecule has 6 nitrogen and oxygen atoms in total. The molecule has 0 spiro atoms. The van der Waals surface area contributed by atoms with Gasteiger partial charge in [-0.05, 0) is 10.9 Å². The van der Waals surface area contributed by atoms with E-state index in [1.54, 1.807) is 24.3 Å². The second-order valence-corrected chi connectivity index (χ2v) is 24.3. The summed E-state index contributed by atoms with van der Waals surface area (Å²) in [7, 11) is -8.01. The van der Waals surface area contributed by atoms with Gasteiger partial charge in [0.15, 0.2) is 0 Å². The Bertz CT molecular complexity index is 1050. The first kappa shape index (κ1) is 32.7. The predicted octanol–water partition coefficient (Wildman–Crippen LogP) is 6.57. The van der Waals surface area contributed by atoms with Crippen molar-refractivity contribution in [2.45, 2.75) is 103 Å². The molecule has 0 aliphatic carbocycles. The lowest BCUT2D eigenvalue weighted by Gasteiger charge is -2.58. The standard InChI is InChI=1S/C30H46B2O6Si2/c1-27(2,3)39(28(4,5)6)35-31(25-17-13-23(21-33)14-18-25)37-40(29(7,8)9,30(10,11)12)38-32(36-39)26-19-15-24(22-34)16-20-26/h13-22H,1-12H3. The molecule has 1 heterocycles. The maximum Gasteiger partial charge on any atom is 0.475 e. The third kappa shape index (κ3) is 6.03. The van der Waals surface area contributed by atoms with Crippen LogP contribution in [0.15, 0.2) is 48.5 Å².